The van der Waals surface area contributed by atoms with E-state index in [1.54, 1.807) is 12.1 Å². The minimum atomic E-state index is -3.45. The van der Waals surface area contributed by atoms with Gasteiger partial charge < -0.3 is 11.1 Å². The van der Waals surface area contributed by atoms with E-state index in [1.807, 2.05) is 0 Å². The summed E-state index contributed by atoms with van der Waals surface area (Å²) in [5.74, 6) is 1.41. The van der Waals surface area contributed by atoms with E-state index in [9.17, 15) is 8.42 Å². The maximum Gasteiger partial charge on any atom is 0.240 e. The molecule has 4 N–H and O–H groups in total. The lowest BCUT2D eigenvalue weighted by Gasteiger charge is -2.33. The number of nitrogens with one attached hydrogen (secondary N) is 2. The molecule has 0 heterocycles. The van der Waals surface area contributed by atoms with Crippen molar-refractivity contribution in [3.8, 4) is 0 Å². The zero-order valence-electron chi connectivity index (χ0n) is 12.9. The molecule has 1 aromatic rings. The second-order valence-corrected chi connectivity index (χ2v) is 8.10. The number of benzene rings is 1. The fraction of sp³-hybridized carbons (Fsp3) is 0.600. The Balaban J connectivity index is 2.15. The highest BCUT2D eigenvalue weighted by atomic mass is 32.2. The van der Waals surface area contributed by atoms with Gasteiger partial charge in [-0.05, 0) is 56.3 Å². The Labute approximate surface area is 127 Å². The molecule has 0 spiro atoms. The molecule has 0 aromatic heterocycles. The third-order valence-corrected chi connectivity index (χ3v) is 5.55. The zero-order chi connectivity index (χ0) is 15.6. The summed E-state index contributed by atoms with van der Waals surface area (Å²) in [6, 6.07) is 5.24. The van der Waals surface area contributed by atoms with Crippen LogP contribution in [0, 0.1) is 11.8 Å². The van der Waals surface area contributed by atoms with Gasteiger partial charge in [0.2, 0.25) is 10.0 Å². The lowest BCUT2D eigenvalue weighted by molar-refractivity contribution is 0.281. The summed E-state index contributed by atoms with van der Waals surface area (Å²) in [4.78, 5) is 0.193. The molecular formula is C15H25N3O2S. The van der Waals surface area contributed by atoms with Gasteiger partial charge in [0.1, 0.15) is 0 Å². The van der Waals surface area contributed by atoms with Gasteiger partial charge in [-0.3, -0.25) is 0 Å². The zero-order valence-corrected chi connectivity index (χ0v) is 13.7. The van der Waals surface area contributed by atoms with Gasteiger partial charge in [0.05, 0.1) is 16.3 Å². The summed E-state index contributed by atoms with van der Waals surface area (Å²) in [5, 5.41) is 3.47. The summed E-state index contributed by atoms with van der Waals surface area (Å²) >= 11 is 0. The highest BCUT2D eigenvalue weighted by molar-refractivity contribution is 7.89. The molecular weight excluding hydrogens is 286 g/mol. The summed E-state index contributed by atoms with van der Waals surface area (Å²) in [5.41, 5.74) is 7.29. The van der Waals surface area contributed by atoms with Gasteiger partial charge in [0.25, 0.3) is 0 Å². The second-order valence-electron chi connectivity index (χ2n) is 6.22. The lowest BCUT2D eigenvalue weighted by Crippen LogP contribution is -2.30. The van der Waals surface area contributed by atoms with Crippen LogP contribution in [0.1, 0.15) is 33.1 Å². The molecule has 1 aromatic carbocycles. The largest absolute Gasteiger partial charge is 0.397 e. The number of hydrogen-bond donors (Lipinski definition) is 3. The second kappa shape index (κ2) is 6.23. The van der Waals surface area contributed by atoms with Crippen molar-refractivity contribution >= 4 is 21.4 Å². The molecule has 5 nitrogen and oxygen atoms in total. The van der Waals surface area contributed by atoms with Crippen LogP contribution in [0.5, 0.6) is 0 Å². The van der Waals surface area contributed by atoms with Crippen molar-refractivity contribution in [1.29, 1.82) is 0 Å². The standard InChI is InChI=1S/C15H25N3O2S/c1-10-6-11(2)8-12(7-10)18-15-5-4-13(9-14(15)16)21(19,20)17-3/h4-5,9-12,17-18H,6-8,16H2,1-3H3. The van der Waals surface area contributed by atoms with E-state index in [0.717, 1.165) is 18.5 Å². The molecule has 0 amide bonds. The van der Waals surface area contributed by atoms with E-state index < -0.39 is 10.0 Å². The van der Waals surface area contributed by atoms with Crippen LogP contribution in [0.4, 0.5) is 11.4 Å². The van der Waals surface area contributed by atoms with Gasteiger partial charge in [0.15, 0.2) is 0 Å². The molecule has 1 aliphatic rings. The van der Waals surface area contributed by atoms with Crippen LogP contribution in [-0.4, -0.2) is 21.5 Å². The summed E-state index contributed by atoms with van der Waals surface area (Å²) in [6.07, 6.45) is 3.52. The van der Waals surface area contributed by atoms with Crippen LogP contribution < -0.4 is 15.8 Å². The van der Waals surface area contributed by atoms with Gasteiger partial charge in [-0.25, -0.2) is 13.1 Å². The molecule has 6 heteroatoms. The predicted octanol–water partition coefficient (Wildman–Crippen LogP) is 2.41. The maximum atomic E-state index is 11.8. The molecule has 21 heavy (non-hydrogen) atoms. The minimum absolute atomic E-state index is 0.193. The average molecular weight is 311 g/mol. The topological polar surface area (TPSA) is 84.2 Å². The van der Waals surface area contributed by atoms with Crippen LogP contribution in [-0.2, 0) is 10.0 Å². The molecule has 0 bridgehead atoms. The third kappa shape index (κ3) is 3.89. The number of rotatable bonds is 4. The molecule has 0 radical (unpaired) electrons. The van der Waals surface area contributed by atoms with Crippen molar-refractivity contribution in [1.82, 2.24) is 4.72 Å². The molecule has 0 saturated heterocycles. The Morgan fingerprint density at radius 3 is 2.29 bits per heavy atom. The molecule has 2 rings (SSSR count). The van der Waals surface area contributed by atoms with Gasteiger partial charge in [-0.2, -0.15) is 0 Å². The molecule has 118 valence electrons. The Morgan fingerprint density at radius 1 is 1.14 bits per heavy atom. The third-order valence-electron chi connectivity index (χ3n) is 4.14. The number of anilines is 2. The number of nitrogens with two attached hydrogens (primary N) is 1. The summed E-state index contributed by atoms with van der Waals surface area (Å²) in [6.45, 7) is 4.55. The molecule has 2 atom stereocenters. The quantitative estimate of drug-likeness (QED) is 0.746. The van der Waals surface area contributed by atoms with E-state index in [1.165, 1.54) is 19.5 Å². The number of sulfonamides is 1. The van der Waals surface area contributed by atoms with Crippen LogP contribution in [0.15, 0.2) is 23.1 Å². The van der Waals surface area contributed by atoms with Gasteiger partial charge in [-0.1, -0.05) is 13.8 Å². The van der Waals surface area contributed by atoms with Gasteiger partial charge in [-0.15, -0.1) is 0 Å². The Morgan fingerprint density at radius 2 is 1.76 bits per heavy atom. The van der Waals surface area contributed by atoms with Crippen molar-refractivity contribution in [2.75, 3.05) is 18.1 Å². The van der Waals surface area contributed by atoms with E-state index in [2.05, 4.69) is 23.9 Å². The normalized spacial score (nSPS) is 26.5. The fourth-order valence-corrected chi connectivity index (χ4v) is 4.01. The van der Waals surface area contributed by atoms with Crippen molar-refractivity contribution in [2.45, 2.75) is 44.0 Å². The Kier molecular flexibility index (Phi) is 4.78. The predicted molar refractivity (Wildman–Crippen MR) is 86.7 cm³/mol. The molecule has 1 aliphatic carbocycles. The molecule has 2 unspecified atom stereocenters. The van der Waals surface area contributed by atoms with Crippen molar-refractivity contribution in [3.05, 3.63) is 18.2 Å². The first kappa shape index (κ1) is 16.1. The number of nitrogen functional groups attached to an aromatic ring is 1. The van der Waals surface area contributed by atoms with Gasteiger partial charge in [0, 0.05) is 6.04 Å². The van der Waals surface area contributed by atoms with Crippen molar-refractivity contribution in [3.63, 3.8) is 0 Å². The summed E-state index contributed by atoms with van der Waals surface area (Å²) < 4.78 is 25.8. The van der Waals surface area contributed by atoms with Crippen LogP contribution >= 0.6 is 0 Å². The van der Waals surface area contributed by atoms with E-state index >= 15 is 0 Å². The van der Waals surface area contributed by atoms with Crippen LogP contribution in [0.25, 0.3) is 0 Å². The molecule has 0 aliphatic heterocycles. The fourth-order valence-electron chi connectivity index (χ4n) is 3.24. The van der Waals surface area contributed by atoms with Crippen molar-refractivity contribution < 1.29 is 8.42 Å². The molecule has 1 saturated carbocycles. The van der Waals surface area contributed by atoms with E-state index in [-0.39, 0.29) is 4.90 Å². The highest BCUT2D eigenvalue weighted by Gasteiger charge is 2.24. The molecule has 1 fully saturated rings. The monoisotopic (exact) mass is 311 g/mol. The van der Waals surface area contributed by atoms with Gasteiger partial charge >= 0.3 is 0 Å². The van der Waals surface area contributed by atoms with E-state index in [4.69, 9.17) is 5.73 Å². The maximum absolute atomic E-state index is 11.8. The first-order valence-electron chi connectivity index (χ1n) is 7.41. The Hall–Kier alpha value is -1.27. The first-order chi connectivity index (χ1) is 9.81. The highest BCUT2D eigenvalue weighted by Crippen LogP contribution is 2.32. The smallest absolute Gasteiger partial charge is 0.240 e. The summed E-state index contributed by atoms with van der Waals surface area (Å²) in [7, 11) is -2.05. The lowest BCUT2D eigenvalue weighted by atomic mass is 9.80. The van der Waals surface area contributed by atoms with Crippen LogP contribution in [0.3, 0.4) is 0 Å². The minimum Gasteiger partial charge on any atom is -0.397 e. The van der Waals surface area contributed by atoms with E-state index in [0.29, 0.717) is 23.6 Å². The average Bonchev–Trinajstić information content (AvgIpc) is 2.40. The Bertz CT molecular complexity index is 591. The number of hydrogen-bond acceptors (Lipinski definition) is 4. The first-order valence-corrected chi connectivity index (χ1v) is 8.89. The van der Waals surface area contributed by atoms with Crippen LogP contribution in [0.2, 0.25) is 0 Å². The SMILES string of the molecule is CNS(=O)(=O)c1ccc(NC2CC(C)CC(C)C2)c(N)c1. The van der Waals surface area contributed by atoms with Crippen molar-refractivity contribution in [2.24, 2.45) is 11.8 Å².